The molecule has 5 heteroatoms. The maximum absolute atomic E-state index is 13.0. The molecule has 0 aliphatic carbocycles. The minimum absolute atomic E-state index is 0.0579. The van der Waals surface area contributed by atoms with E-state index in [1.54, 1.807) is 12.4 Å². The van der Waals surface area contributed by atoms with Crippen LogP contribution in [-0.4, -0.2) is 33.9 Å². The highest BCUT2D eigenvalue weighted by Crippen LogP contribution is 2.30. The van der Waals surface area contributed by atoms with E-state index in [0.29, 0.717) is 17.3 Å². The van der Waals surface area contributed by atoms with Gasteiger partial charge in [0.15, 0.2) is 11.5 Å². The van der Waals surface area contributed by atoms with Gasteiger partial charge in [-0.1, -0.05) is 18.2 Å². The molecule has 1 aromatic carbocycles. The van der Waals surface area contributed by atoms with Crippen LogP contribution in [-0.2, 0) is 0 Å². The van der Waals surface area contributed by atoms with Gasteiger partial charge in [0, 0.05) is 36.6 Å². The summed E-state index contributed by atoms with van der Waals surface area (Å²) in [5.74, 6) is 0.919. The largest absolute Gasteiger partial charge is 0.435 e. The Bertz CT molecular complexity index is 853. The van der Waals surface area contributed by atoms with Crippen molar-refractivity contribution in [3.63, 3.8) is 0 Å². The molecule has 1 aliphatic heterocycles. The number of likely N-dealkylation sites (tertiary alicyclic amines) is 1. The Morgan fingerprint density at radius 2 is 1.64 bits per heavy atom. The number of nitrogens with zero attached hydrogens (tertiary/aromatic N) is 3. The van der Waals surface area contributed by atoms with Crippen LogP contribution in [0.3, 0.4) is 0 Å². The Morgan fingerprint density at radius 3 is 2.36 bits per heavy atom. The van der Waals surface area contributed by atoms with Gasteiger partial charge in [0.2, 0.25) is 5.89 Å². The summed E-state index contributed by atoms with van der Waals surface area (Å²) in [4.78, 5) is 23.5. The lowest BCUT2D eigenvalue weighted by molar-refractivity contribution is 0.0719. The number of hydrogen-bond donors (Lipinski definition) is 0. The van der Waals surface area contributed by atoms with E-state index in [4.69, 9.17) is 4.42 Å². The number of benzene rings is 1. The Morgan fingerprint density at radius 1 is 0.920 bits per heavy atom. The molecular weight excluding hydrogens is 314 g/mol. The van der Waals surface area contributed by atoms with Gasteiger partial charge in [-0.15, -0.1) is 0 Å². The minimum Gasteiger partial charge on any atom is -0.435 e. The Balaban J connectivity index is 1.78. The first-order valence-corrected chi connectivity index (χ1v) is 8.59. The number of carbonyl (C=O) groups is 1. The number of rotatable bonds is 3. The highest BCUT2D eigenvalue weighted by molar-refractivity contribution is 5.98. The predicted octanol–water partition coefficient (Wildman–Crippen LogP) is 4.03. The maximum Gasteiger partial charge on any atom is 0.276 e. The lowest BCUT2D eigenvalue weighted by Crippen LogP contribution is -2.36. The molecular formula is C20H19N3O2. The fourth-order valence-corrected chi connectivity index (χ4v) is 3.11. The monoisotopic (exact) mass is 333 g/mol. The summed E-state index contributed by atoms with van der Waals surface area (Å²) in [6.07, 6.45) is 6.64. The third-order valence-electron chi connectivity index (χ3n) is 4.44. The molecule has 0 bridgehead atoms. The van der Waals surface area contributed by atoms with Crippen molar-refractivity contribution in [3.05, 3.63) is 60.6 Å². The van der Waals surface area contributed by atoms with Crippen molar-refractivity contribution >= 4 is 5.91 Å². The first-order valence-electron chi connectivity index (χ1n) is 8.59. The molecule has 0 saturated carbocycles. The van der Waals surface area contributed by atoms with Gasteiger partial charge in [0.1, 0.15) is 0 Å². The smallest absolute Gasteiger partial charge is 0.276 e. The summed E-state index contributed by atoms with van der Waals surface area (Å²) in [6.45, 7) is 1.56. The van der Waals surface area contributed by atoms with Crippen LogP contribution >= 0.6 is 0 Å². The van der Waals surface area contributed by atoms with Crippen LogP contribution in [0.15, 0.2) is 59.3 Å². The average molecular weight is 333 g/mol. The molecule has 3 aromatic rings. The number of aromatic nitrogens is 2. The number of hydrogen-bond acceptors (Lipinski definition) is 4. The SMILES string of the molecule is O=C(c1nc(-c2ccccc2)oc1-c1ccncc1)N1CCCCC1. The molecule has 1 amide bonds. The second kappa shape index (κ2) is 6.89. The molecule has 4 rings (SSSR count). The van der Waals surface area contributed by atoms with Crippen molar-refractivity contribution in [1.29, 1.82) is 0 Å². The molecule has 2 aromatic heterocycles. The van der Waals surface area contributed by atoms with Gasteiger partial charge in [0.25, 0.3) is 5.91 Å². The number of amides is 1. The van der Waals surface area contributed by atoms with E-state index in [0.717, 1.165) is 37.1 Å². The van der Waals surface area contributed by atoms with E-state index in [2.05, 4.69) is 9.97 Å². The number of oxazole rings is 1. The second-order valence-electron chi connectivity index (χ2n) is 6.15. The van der Waals surface area contributed by atoms with Gasteiger partial charge < -0.3 is 9.32 Å². The summed E-state index contributed by atoms with van der Waals surface area (Å²) in [6, 6.07) is 13.3. The van der Waals surface area contributed by atoms with Crippen molar-refractivity contribution in [2.75, 3.05) is 13.1 Å². The fourth-order valence-electron chi connectivity index (χ4n) is 3.11. The highest BCUT2D eigenvalue weighted by atomic mass is 16.4. The van der Waals surface area contributed by atoms with Gasteiger partial charge in [-0.2, -0.15) is 0 Å². The molecule has 0 N–H and O–H groups in total. The first kappa shape index (κ1) is 15.6. The average Bonchev–Trinajstić information content (AvgIpc) is 3.15. The van der Waals surface area contributed by atoms with Gasteiger partial charge in [0.05, 0.1) is 0 Å². The third-order valence-corrected chi connectivity index (χ3v) is 4.44. The van der Waals surface area contributed by atoms with E-state index in [1.165, 1.54) is 6.42 Å². The van der Waals surface area contributed by atoms with E-state index >= 15 is 0 Å². The fraction of sp³-hybridized carbons (Fsp3) is 0.250. The zero-order chi connectivity index (χ0) is 17.1. The van der Waals surface area contributed by atoms with Gasteiger partial charge >= 0.3 is 0 Å². The molecule has 1 saturated heterocycles. The lowest BCUT2D eigenvalue weighted by atomic mass is 10.1. The topological polar surface area (TPSA) is 59.2 Å². The first-order chi connectivity index (χ1) is 12.3. The standard InChI is InChI=1S/C20H19N3O2/c24-20(23-13-5-2-6-14-23)17-18(15-9-11-21-12-10-15)25-19(22-17)16-7-3-1-4-8-16/h1,3-4,7-12H,2,5-6,13-14H2. The minimum atomic E-state index is -0.0579. The molecule has 0 unspecified atom stereocenters. The second-order valence-corrected chi connectivity index (χ2v) is 6.15. The van der Waals surface area contributed by atoms with Crippen LogP contribution in [0.25, 0.3) is 22.8 Å². The van der Waals surface area contributed by atoms with Crippen LogP contribution in [0.5, 0.6) is 0 Å². The predicted molar refractivity (Wildman–Crippen MR) is 94.9 cm³/mol. The van der Waals surface area contributed by atoms with Crippen LogP contribution in [0.4, 0.5) is 0 Å². The zero-order valence-corrected chi connectivity index (χ0v) is 13.9. The summed E-state index contributed by atoms with van der Waals surface area (Å²) in [7, 11) is 0. The zero-order valence-electron chi connectivity index (χ0n) is 13.9. The molecule has 25 heavy (non-hydrogen) atoms. The quantitative estimate of drug-likeness (QED) is 0.726. The molecule has 0 spiro atoms. The number of carbonyl (C=O) groups excluding carboxylic acids is 1. The molecule has 0 atom stereocenters. The Labute approximate surface area is 146 Å². The number of pyridine rings is 1. The van der Waals surface area contributed by atoms with Crippen LogP contribution < -0.4 is 0 Å². The van der Waals surface area contributed by atoms with E-state index in [1.807, 2.05) is 47.4 Å². The van der Waals surface area contributed by atoms with Gasteiger partial charge in [-0.05, 0) is 43.5 Å². The van der Waals surface area contributed by atoms with E-state index in [9.17, 15) is 4.79 Å². The molecule has 126 valence electrons. The maximum atomic E-state index is 13.0. The molecule has 0 radical (unpaired) electrons. The summed E-state index contributed by atoms with van der Waals surface area (Å²) >= 11 is 0. The van der Waals surface area contributed by atoms with Gasteiger partial charge in [-0.3, -0.25) is 9.78 Å². The summed E-state index contributed by atoms with van der Waals surface area (Å²) in [5, 5.41) is 0. The Kier molecular flexibility index (Phi) is 4.29. The Hall–Kier alpha value is -2.95. The molecule has 1 fully saturated rings. The van der Waals surface area contributed by atoms with E-state index in [-0.39, 0.29) is 5.91 Å². The van der Waals surface area contributed by atoms with Crippen LogP contribution in [0, 0.1) is 0 Å². The summed E-state index contributed by atoms with van der Waals surface area (Å²) < 4.78 is 6.01. The van der Waals surface area contributed by atoms with E-state index < -0.39 is 0 Å². The van der Waals surface area contributed by atoms with Crippen LogP contribution in [0.1, 0.15) is 29.8 Å². The van der Waals surface area contributed by atoms with Crippen LogP contribution in [0.2, 0.25) is 0 Å². The molecule has 3 heterocycles. The highest BCUT2D eigenvalue weighted by Gasteiger charge is 2.27. The van der Waals surface area contributed by atoms with Gasteiger partial charge in [-0.25, -0.2) is 4.98 Å². The lowest BCUT2D eigenvalue weighted by Gasteiger charge is -2.26. The third kappa shape index (κ3) is 3.18. The normalized spacial score (nSPS) is 14.5. The number of piperidine rings is 1. The van der Waals surface area contributed by atoms with Crippen molar-refractivity contribution in [3.8, 4) is 22.8 Å². The van der Waals surface area contributed by atoms with Crippen molar-refractivity contribution in [2.45, 2.75) is 19.3 Å². The van der Waals surface area contributed by atoms with Crippen molar-refractivity contribution in [1.82, 2.24) is 14.9 Å². The van der Waals surface area contributed by atoms with Crippen molar-refractivity contribution < 1.29 is 9.21 Å². The van der Waals surface area contributed by atoms with Crippen molar-refractivity contribution in [2.24, 2.45) is 0 Å². The molecule has 1 aliphatic rings. The summed E-state index contributed by atoms with van der Waals surface area (Å²) in [5.41, 5.74) is 2.05. The molecule has 5 nitrogen and oxygen atoms in total.